The number of hydrogen-bond donors (Lipinski definition) is 0. The first kappa shape index (κ1) is 14.0. The average molecular weight is 300 g/mol. The van der Waals surface area contributed by atoms with Crippen LogP contribution in [-0.2, 0) is 4.74 Å². The van der Waals surface area contributed by atoms with Gasteiger partial charge < -0.3 is 9.64 Å². The summed E-state index contributed by atoms with van der Waals surface area (Å²) < 4.78 is 6.12. The summed E-state index contributed by atoms with van der Waals surface area (Å²) in [6, 6.07) is 7.74. The Labute approximate surface area is 130 Å². The Kier molecular flexibility index (Phi) is 3.64. The van der Waals surface area contributed by atoms with Crippen LogP contribution in [0.4, 0.5) is 0 Å². The van der Waals surface area contributed by atoms with Crippen molar-refractivity contribution in [3.8, 4) is 0 Å². The molecule has 0 saturated heterocycles. The molecule has 0 aromatic heterocycles. The molecule has 1 aliphatic heterocycles. The fourth-order valence-corrected chi connectivity index (χ4v) is 2.66. The maximum Gasteiger partial charge on any atom is 0.134 e. The zero-order valence-electron chi connectivity index (χ0n) is 12.5. The van der Waals surface area contributed by atoms with E-state index in [1.807, 2.05) is 38.4 Å². The Balaban J connectivity index is 1.97. The predicted octanol–water partition coefficient (Wildman–Crippen LogP) is 4.76. The number of halogens is 1. The molecule has 2 aliphatic rings. The van der Waals surface area contributed by atoms with E-state index < -0.39 is 0 Å². The number of allylic oxidation sites excluding steroid dienone is 5. The molecule has 3 heteroatoms. The molecule has 3 rings (SSSR count). The van der Waals surface area contributed by atoms with Crippen molar-refractivity contribution in [1.29, 1.82) is 0 Å². The van der Waals surface area contributed by atoms with Crippen LogP contribution in [-0.4, -0.2) is 19.0 Å². The van der Waals surface area contributed by atoms with Crippen LogP contribution in [0.25, 0.3) is 5.76 Å². The van der Waals surface area contributed by atoms with E-state index in [9.17, 15) is 0 Å². The van der Waals surface area contributed by atoms with E-state index in [0.717, 1.165) is 28.5 Å². The molecule has 0 N–H and O–H groups in total. The van der Waals surface area contributed by atoms with Crippen LogP contribution in [0.15, 0.2) is 65.1 Å². The van der Waals surface area contributed by atoms with Gasteiger partial charge in [0.1, 0.15) is 11.5 Å². The third kappa shape index (κ3) is 2.77. The molecule has 1 heterocycles. The third-order valence-corrected chi connectivity index (χ3v) is 4.03. The molecule has 0 bridgehead atoms. The van der Waals surface area contributed by atoms with Crippen molar-refractivity contribution in [2.24, 2.45) is 0 Å². The normalized spacial score (nSPS) is 17.4. The summed E-state index contributed by atoms with van der Waals surface area (Å²) in [5, 5.41) is 0.734. The van der Waals surface area contributed by atoms with Crippen LogP contribution < -0.4 is 0 Å². The summed E-state index contributed by atoms with van der Waals surface area (Å²) >= 11 is 5.95. The molecular formula is C18H18ClNO. The zero-order chi connectivity index (χ0) is 15.0. The molecule has 1 aromatic carbocycles. The van der Waals surface area contributed by atoms with Gasteiger partial charge in [-0.2, -0.15) is 0 Å². The summed E-state index contributed by atoms with van der Waals surface area (Å²) in [6.07, 6.45) is 7.35. The average Bonchev–Trinajstić information content (AvgIpc) is 2.47. The quantitative estimate of drug-likeness (QED) is 0.780. The minimum Gasteiger partial charge on any atom is -0.456 e. The van der Waals surface area contributed by atoms with Crippen molar-refractivity contribution >= 4 is 17.4 Å². The molecule has 0 unspecified atom stereocenters. The second-order valence-electron chi connectivity index (χ2n) is 5.52. The number of likely N-dealkylation sites (N-methyl/N-ethyl adjacent to an activating group) is 1. The first-order chi connectivity index (χ1) is 10.0. The molecule has 0 amide bonds. The van der Waals surface area contributed by atoms with Crippen LogP contribution in [0.2, 0.25) is 5.02 Å². The van der Waals surface area contributed by atoms with Gasteiger partial charge in [-0.15, -0.1) is 0 Å². The molecule has 21 heavy (non-hydrogen) atoms. The zero-order valence-corrected chi connectivity index (χ0v) is 13.2. The van der Waals surface area contributed by atoms with E-state index in [1.54, 1.807) is 0 Å². The summed E-state index contributed by atoms with van der Waals surface area (Å²) in [5.74, 6) is 1.82. The topological polar surface area (TPSA) is 12.5 Å². The molecule has 0 radical (unpaired) electrons. The standard InChI is InChI=1S/C18H18ClNO/c1-12-10-17(13-4-6-14(19)7-5-13)21-18-11-15(20(2)3)8-9-16(12)18/h4-8,10-11H,9H2,1-3H3. The molecule has 2 nitrogen and oxygen atoms in total. The fourth-order valence-electron chi connectivity index (χ4n) is 2.53. The van der Waals surface area contributed by atoms with E-state index in [-0.39, 0.29) is 0 Å². The van der Waals surface area contributed by atoms with Gasteiger partial charge in [-0.05, 0) is 49.3 Å². The van der Waals surface area contributed by atoms with Crippen molar-refractivity contribution in [3.05, 3.63) is 75.7 Å². The monoisotopic (exact) mass is 299 g/mol. The van der Waals surface area contributed by atoms with Gasteiger partial charge in [-0.25, -0.2) is 0 Å². The molecule has 108 valence electrons. The predicted molar refractivity (Wildman–Crippen MR) is 87.7 cm³/mol. The minimum atomic E-state index is 0.734. The van der Waals surface area contributed by atoms with Gasteiger partial charge in [0.15, 0.2) is 0 Å². The summed E-state index contributed by atoms with van der Waals surface area (Å²) in [6.45, 7) is 2.14. The first-order valence-electron chi connectivity index (χ1n) is 6.99. The lowest BCUT2D eigenvalue weighted by molar-refractivity contribution is 0.378. The summed E-state index contributed by atoms with van der Waals surface area (Å²) in [7, 11) is 4.09. The van der Waals surface area contributed by atoms with Crippen molar-refractivity contribution in [1.82, 2.24) is 4.90 Å². The second kappa shape index (κ2) is 5.45. The van der Waals surface area contributed by atoms with Crippen LogP contribution >= 0.6 is 11.6 Å². The number of hydrogen-bond acceptors (Lipinski definition) is 2. The van der Waals surface area contributed by atoms with Gasteiger partial charge in [-0.1, -0.05) is 17.7 Å². The Morgan fingerprint density at radius 1 is 1.05 bits per heavy atom. The largest absolute Gasteiger partial charge is 0.456 e. The molecule has 0 spiro atoms. The number of benzene rings is 1. The van der Waals surface area contributed by atoms with E-state index in [0.29, 0.717) is 0 Å². The summed E-state index contributed by atoms with van der Waals surface area (Å²) in [5.41, 5.74) is 4.74. The number of fused-ring (bicyclic) bond motifs is 1. The Hall–Kier alpha value is -1.93. The molecule has 1 aliphatic carbocycles. The van der Waals surface area contributed by atoms with Crippen molar-refractivity contribution in [2.75, 3.05) is 14.1 Å². The maximum atomic E-state index is 6.12. The van der Waals surface area contributed by atoms with Gasteiger partial charge in [0.2, 0.25) is 0 Å². The van der Waals surface area contributed by atoms with Gasteiger partial charge in [0, 0.05) is 42.0 Å². The lowest BCUT2D eigenvalue weighted by Gasteiger charge is -2.27. The third-order valence-electron chi connectivity index (χ3n) is 3.78. The van der Waals surface area contributed by atoms with Crippen LogP contribution in [0.5, 0.6) is 0 Å². The van der Waals surface area contributed by atoms with E-state index in [1.165, 1.54) is 16.8 Å². The van der Waals surface area contributed by atoms with E-state index in [2.05, 4.69) is 30.1 Å². The highest BCUT2D eigenvalue weighted by atomic mass is 35.5. The molecule has 0 saturated carbocycles. The van der Waals surface area contributed by atoms with Crippen LogP contribution in [0, 0.1) is 0 Å². The van der Waals surface area contributed by atoms with Crippen molar-refractivity contribution < 1.29 is 4.74 Å². The highest BCUT2D eigenvalue weighted by Gasteiger charge is 2.21. The maximum absolute atomic E-state index is 6.12. The van der Waals surface area contributed by atoms with Crippen molar-refractivity contribution in [2.45, 2.75) is 13.3 Å². The lowest BCUT2D eigenvalue weighted by atomic mass is 9.95. The first-order valence-corrected chi connectivity index (χ1v) is 7.37. The Bertz CT molecular complexity index is 690. The SMILES string of the molecule is CC1=C2CC=C(N(C)C)C=C2OC(c2ccc(Cl)cc2)=C1. The minimum absolute atomic E-state index is 0.734. The van der Waals surface area contributed by atoms with E-state index >= 15 is 0 Å². The number of rotatable bonds is 2. The second-order valence-corrected chi connectivity index (χ2v) is 5.95. The smallest absolute Gasteiger partial charge is 0.134 e. The van der Waals surface area contributed by atoms with Crippen LogP contribution in [0.3, 0.4) is 0 Å². The Morgan fingerprint density at radius 3 is 2.43 bits per heavy atom. The lowest BCUT2D eigenvalue weighted by Crippen LogP contribution is -2.15. The molecule has 0 atom stereocenters. The van der Waals surface area contributed by atoms with Gasteiger partial charge >= 0.3 is 0 Å². The van der Waals surface area contributed by atoms with Gasteiger partial charge in [0.05, 0.1) is 0 Å². The van der Waals surface area contributed by atoms with Crippen LogP contribution in [0.1, 0.15) is 18.9 Å². The molecular weight excluding hydrogens is 282 g/mol. The fraction of sp³-hybridized carbons (Fsp3) is 0.222. The van der Waals surface area contributed by atoms with Gasteiger partial charge in [-0.3, -0.25) is 0 Å². The van der Waals surface area contributed by atoms with E-state index in [4.69, 9.17) is 16.3 Å². The summed E-state index contributed by atoms with van der Waals surface area (Å²) in [4.78, 5) is 2.10. The highest BCUT2D eigenvalue weighted by Crippen LogP contribution is 2.36. The van der Waals surface area contributed by atoms with Gasteiger partial charge in [0.25, 0.3) is 0 Å². The molecule has 0 fully saturated rings. The Morgan fingerprint density at radius 2 is 1.76 bits per heavy atom. The number of ether oxygens (including phenoxy) is 1. The number of nitrogens with zero attached hydrogens (tertiary/aromatic N) is 1. The highest BCUT2D eigenvalue weighted by molar-refractivity contribution is 6.30. The van der Waals surface area contributed by atoms with Crippen molar-refractivity contribution in [3.63, 3.8) is 0 Å². The molecule has 1 aromatic rings.